The van der Waals surface area contributed by atoms with Crippen LogP contribution in [0.15, 0.2) is 18.2 Å². The average Bonchev–Trinajstić information content (AvgIpc) is 2.83. The average molecular weight is 308 g/mol. The summed E-state index contributed by atoms with van der Waals surface area (Å²) in [5.74, 6) is 0. The van der Waals surface area contributed by atoms with E-state index < -0.39 is 0 Å². The van der Waals surface area contributed by atoms with Crippen molar-refractivity contribution in [3.63, 3.8) is 0 Å². The van der Waals surface area contributed by atoms with Gasteiger partial charge in [-0.15, -0.1) is 0 Å². The minimum atomic E-state index is 0.727. The molecule has 4 heteroatoms. The molecule has 2 aliphatic rings. The molecule has 0 aliphatic carbocycles. The highest BCUT2D eigenvalue weighted by atomic mass is 35.5. The largest absolute Gasteiger partial charge is 0.369 e. The number of benzene rings is 1. The molecule has 1 unspecified atom stereocenters. The summed E-state index contributed by atoms with van der Waals surface area (Å²) in [6.45, 7) is 8.80. The zero-order valence-electron chi connectivity index (χ0n) is 12.9. The van der Waals surface area contributed by atoms with Gasteiger partial charge in [0.05, 0.1) is 10.7 Å². The minimum absolute atomic E-state index is 0.727. The van der Waals surface area contributed by atoms with E-state index in [1.807, 2.05) is 0 Å². The molecule has 3 rings (SSSR count). The summed E-state index contributed by atoms with van der Waals surface area (Å²) in [6.07, 6.45) is 3.94. The van der Waals surface area contributed by atoms with Crippen LogP contribution < -0.4 is 10.2 Å². The summed E-state index contributed by atoms with van der Waals surface area (Å²) in [6, 6.07) is 7.27. The van der Waals surface area contributed by atoms with Crippen molar-refractivity contribution in [1.29, 1.82) is 0 Å². The molecule has 0 spiro atoms. The smallest absolute Gasteiger partial charge is 0.0642 e. The van der Waals surface area contributed by atoms with E-state index in [9.17, 15) is 0 Å². The first-order chi connectivity index (χ1) is 10.3. The summed E-state index contributed by atoms with van der Waals surface area (Å²) >= 11 is 6.55. The third-order valence-electron chi connectivity index (χ3n) is 4.74. The van der Waals surface area contributed by atoms with Crippen LogP contribution >= 0.6 is 11.6 Å². The highest BCUT2D eigenvalue weighted by Gasteiger charge is 2.29. The van der Waals surface area contributed by atoms with E-state index >= 15 is 0 Å². The molecule has 1 atom stereocenters. The Balaban J connectivity index is 1.73. The molecule has 1 aromatic carbocycles. The lowest BCUT2D eigenvalue weighted by atomic mass is 10.1. The first kappa shape index (κ1) is 15.1. The zero-order chi connectivity index (χ0) is 14.7. The molecular weight excluding hydrogens is 282 g/mol. The van der Waals surface area contributed by atoms with Crippen molar-refractivity contribution < 1.29 is 0 Å². The Morgan fingerprint density at radius 3 is 2.90 bits per heavy atom. The lowest BCUT2D eigenvalue weighted by Gasteiger charge is -2.28. The monoisotopic (exact) mass is 307 g/mol. The molecule has 116 valence electrons. The van der Waals surface area contributed by atoms with E-state index in [0.29, 0.717) is 0 Å². The van der Waals surface area contributed by atoms with Crippen molar-refractivity contribution >= 4 is 17.3 Å². The van der Waals surface area contributed by atoms with Crippen LogP contribution in [-0.2, 0) is 6.54 Å². The van der Waals surface area contributed by atoms with Gasteiger partial charge in [0.1, 0.15) is 0 Å². The standard InChI is InChI=1S/C17H26ClN3/c1-2-19-12-14-6-7-17(16(18)11-14)21-10-4-9-20-8-3-5-15(20)13-21/h6-7,11,15,19H,2-5,8-10,12-13H2,1H3. The topological polar surface area (TPSA) is 18.5 Å². The van der Waals surface area contributed by atoms with Crippen molar-refractivity contribution in [1.82, 2.24) is 10.2 Å². The van der Waals surface area contributed by atoms with Gasteiger partial charge < -0.3 is 10.2 Å². The van der Waals surface area contributed by atoms with Gasteiger partial charge in [-0.3, -0.25) is 4.90 Å². The Hall–Kier alpha value is -0.770. The number of rotatable bonds is 4. The van der Waals surface area contributed by atoms with E-state index in [-0.39, 0.29) is 0 Å². The van der Waals surface area contributed by atoms with Gasteiger partial charge in [-0.2, -0.15) is 0 Å². The van der Waals surface area contributed by atoms with E-state index in [4.69, 9.17) is 11.6 Å². The first-order valence-corrected chi connectivity index (χ1v) is 8.64. The lowest BCUT2D eigenvalue weighted by Crippen LogP contribution is -2.36. The Morgan fingerprint density at radius 2 is 2.10 bits per heavy atom. The van der Waals surface area contributed by atoms with Crippen molar-refractivity contribution in [3.8, 4) is 0 Å². The Kier molecular flexibility index (Phi) is 5.04. The molecule has 2 fully saturated rings. The Morgan fingerprint density at radius 1 is 1.24 bits per heavy atom. The normalized spacial score (nSPS) is 23.1. The van der Waals surface area contributed by atoms with Crippen molar-refractivity contribution in [2.75, 3.05) is 37.6 Å². The highest BCUT2D eigenvalue weighted by Crippen LogP contribution is 2.30. The van der Waals surface area contributed by atoms with Gasteiger partial charge in [0, 0.05) is 32.2 Å². The van der Waals surface area contributed by atoms with Crippen molar-refractivity contribution in [3.05, 3.63) is 28.8 Å². The van der Waals surface area contributed by atoms with Crippen LogP contribution in [0.25, 0.3) is 0 Å². The van der Waals surface area contributed by atoms with Gasteiger partial charge >= 0.3 is 0 Å². The molecule has 1 aromatic rings. The molecule has 0 bridgehead atoms. The maximum Gasteiger partial charge on any atom is 0.0642 e. The third kappa shape index (κ3) is 3.53. The van der Waals surface area contributed by atoms with E-state index in [1.165, 1.54) is 43.6 Å². The van der Waals surface area contributed by atoms with Gasteiger partial charge in [0.25, 0.3) is 0 Å². The molecule has 0 aromatic heterocycles. The summed E-state index contributed by atoms with van der Waals surface area (Å²) in [4.78, 5) is 5.16. The van der Waals surface area contributed by atoms with Crippen LogP contribution in [0, 0.1) is 0 Å². The van der Waals surface area contributed by atoms with Crippen LogP contribution in [-0.4, -0.2) is 43.7 Å². The molecule has 1 N–H and O–H groups in total. The second-order valence-corrected chi connectivity index (χ2v) is 6.60. The predicted molar refractivity (Wildman–Crippen MR) is 90.3 cm³/mol. The number of halogens is 1. The van der Waals surface area contributed by atoms with Crippen LogP contribution in [0.5, 0.6) is 0 Å². The number of fused-ring (bicyclic) bond motifs is 1. The van der Waals surface area contributed by atoms with Crippen molar-refractivity contribution in [2.24, 2.45) is 0 Å². The van der Waals surface area contributed by atoms with Gasteiger partial charge in [-0.05, 0) is 50.0 Å². The van der Waals surface area contributed by atoms with E-state index in [1.54, 1.807) is 0 Å². The summed E-state index contributed by atoms with van der Waals surface area (Å²) in [5, 5.41) is 4.25. The third-order valence-corrected chi connectivity index (χ3v) is 5.04. The summed E-state index contributed by atoms with van der Waals surface area (Å²) in [5.41, 5.74) is 2.48. The second-order valence-electron chi connectivity index (χ2n) is 6.20. The van der Waals surface area contributed by atoms with Gasteiger partial charge in [0.15, 0.2) is 0 Å². The van der Waals surface area contributed by atoms with Gasteiger partial charge in [-0.25, -0.2) is 0 Å². The maximum atomic E-state index is 6.55. The fraction of sp³-hybridized carbons (Fsp3) is 0.647. The molecule has 2 saturated heterocycles. The van der Waals surface area contributed by atoms with Gasteiger partial charge in [-0.1, -0.05) is 24.6 Å². The molecule has 2 heterocycles. The SMILES string of the molecule is CCNCc1ccc(N2CCCN3CCCC3C2)c(Cl)c1. The fourth-order valence-corrected chi connectivity index (χ4v) is 3.93. The quantitative estimate of drug-likeness (QED) is 0.922. The van der Waals surface area contributed by atoms with Crippen LogP contribution in [0.2, 0.25) is 5.02 Å². The maximum absolute atomic E-state index is 6.55. The van der Waals surface area contributed by atoms with E-state index in [2.05, 4.69) is 40.2 Å². The molecule has 0 saturated carbocycles. The number of hydrogen-bond acceptors (Lipinski definition) is 3. The van der Waals surface area contributed by atoms with E-state index in [0.717, 1.165) is 37.2 Å². The molecule has 0 radical (unpaired) electrons. The second kappa shape index (κ2) is 6.99. The van der Waals surface area contributed by atoms with Crippen molar-refractivity contribution in [2.45, 2.75) is 38.8 Å². The predicted octanol–water partition coefficient (Wildman–Crippen LogP) is 3.12. The summed E-state index contributed by atoms with van der Waals surface area (Å²) < 4.78 is 0. The molecule has 3 nitrogen and oxygen atoms in total. The zero-order valence-corrected chi connectivity index (χ0v) is 13.7. The molecule has 2 aliphatic heterocycles. The molecule has 21 heavy (non-hydrogen) atoms. The highest BCUT2D eigenvalue weighted by molar-refractivity contribution is 6.33. The number of nitrogens with one attached hydrogen (secondary N) is 1. The fourth-order valence-electron chi connectivity index (χ4n) is 3.61. The van der Waals surface area contributed by atoms with Gasteiger partial charge in [0.2, 0.25) is 0 Å². The Labute approximate surface area is 133 Å². The van der Waals surface area contributed by atoms with Crippen LogP contribution in [0.3, 0.4) is 0 Å². The first-order valence-electron chi connectivity index (χ1n) is 8.26. The minimum Gasteiger partial charge on any atom is -0.369 e. The Bertz CT molecular complexity index is 477. The molecule has 0 amide bonds. The lowest BCUT2D eigenvalue weighted by molar-refractivity contribution is 0.273. The van der Waals surface area contributed by atoms with Crippen LogP contribution in [0.1, 0.15) is 31.7 Å². The number of hydrogen-bond donors (Lipinski definition) is 1. The summed E-state index contributed by atoms with van der Waals surface area (Å²) in [7, 11) is 0. The van der Waals surface area contributed by atoms with Crippen LogP contribution in [0.4, 0.5) is 5.69 Å². The number of nitrogens with zero attached hydrogens (tertiary/aromatic N) is 2. The number of anilines is 1. The molecular formula is C17H26ClN3.